The molecule has 202 valence electrons. The molecule has 0 saturated heterocycles. The Morgan fingerprint density at radius 3 is 1.97 bits per heavy atom. The lowest BCUT2D eigenvalue weighted by Gasteiger charge is -2.12. The number of amides is 1. The second kappa shape index (κ2) is 13.7. The normalized spacial score (nSPS) is 11.2. The van der Waals surface area contributed by atoms with Gasteiger partial charge in [0, 0.05) is 23.2 Å². The Balaban J connectivity index is 1.41. The number of hydrogen-bond donors (Lipinski definition) is 1. The minimum Gasteiger partial charge on any atom is -0.497 e. The summed E-state index contributed by atoms with van der Waals surface area (Å²) in [5.74, 6) is -1.87. The van der Waals surface area contributed by atoms with Crippen molar-refractivity contribution in [3.05, 3.63) is 95.1 Å². The second-order valence-corrected chi connectivity index (χ2v) is 8.72. The van der Waals surface area contributed by atoms with Crippen LogP contribution in [0.3, 0.4) is 0 Å². The van der Waals surface area contributed by atoms with Crippen LogP contribution in [-0.4, -0.2) is 49.2 Å². The molecule has 1 atom stereocenters. The molecule has 9 heteroatoms. The Kier molecular flexibility index (Phi) is 10.1. The number of Topliss-reactive ketones (excluding diaryl/α,β-unsaturated/α-hetero) is 2. The molecule has 39 heavy (non-hydrogen) atoms. The van der Waals surface area contributed by atoms with E-state index in [0.717, 1.165) is 5.56 Å². The van der Waals surface area contributed by atoms with Crippen LogP contribution in [0.2, 0.25) is 0 Å². The quantitative estimate of drug-likeness (QED) is 0.266. The minimum atomic E-state index is -0.970. The van der Waals surface area contributed by atoms with Gasteiger partial charge in [0.15, 0.2) is 18.5 Å². The molecule has 3 aromatic carbocycles. The third-order valence-corrected chi connectivity index (χ3v) is 5.72. The zero-order chi connectivity index (χ0) is 28.4. The molecule has 3 aromatic rings. The lowest BCUT2D eigenvalue weighted by atomic mass is 10.1. The fourth-order valence-corrected chi connectivity index (χ4v) is 3.47. The minimum absolute atomic E-state index is 0.151. The van der Waals surface area contributed by atoms with Crippen LogP contribution in [0.1, 0.15) is 56.4 Å². The molecular formula is C30H29NO8. The lowest BCUT2D eigenvalue weighted by Crippen LogP contribution is -2.25. The third kappa shape index (κ3) is 8.63. The van der Waals surface area contributed by atoms with E-state index in [2.05, 4.69) is 5.32 Å². The van der Waals surface area contributed by atoms with Crippen molar-refractivity contribution in [1.82, 2.24) is 0 Å². The van der Waals surface area contributed by atoms with E-state index >= 15 is 0 Å². The van der Waals surface area contributed by atoms with Gasteiger partial charge in [0.25, 0.3) is 0 Å². The average molecular weight is 532 g/mol. The highest BCUT2D eigenvalue weighted by Crippen LogP contribution is 2.14. The first-order valence-corrected chi connectivity index (χ1v) is 12.2. The number of hydrogen-bond acceptors (Lipinski definition) is 8. The first kappa shape index (κ1) is 28.8. The molecule has 0 aliphatic carbocycles. The number of anilines is 1. The van der Waals surface area contributed by atoms with Crippen LogP contribution >= 0.6 is 0 Å². The summed E-state index contributed by atoms with van der Waals surface area (Å²) in [7, 11) is 1.52. The molecule has 1 N–H and O–H groups in total. The molecule has 0 radical (unpaired) electrons. The summed E-state index contributed by atoms with van der Waals surface area (Å²) in [6.45, 7) is 2.97. The maximum atomic E-state index is 12.4. The van der Waals surface area contributed by atoms with Crippen LogP contribution in [0.4, 0.5) is 5.69 Å². The van der Waals surface area contributed by atoms with Gasteiger partial charge in [0.2, 0.25) is 11.7 Å². The van der Waals surface area contributed by atoms with Crippen LogP contribution in [0.15, 0.2) is 72.8 Å². The van der Waals surface area contributed by atoms with Gasteiger partial charge in [0.1, 0.15) is 5.75 Å². The summed E-state index contributed by atoms with van der Waals surface area (Å²) in [5, 5.41) is 2.62. The Morgan fingerprint density at radius 2 is 1.36 bits per heavy atom. The van der Waals surface area contributed by atoms with Gasteiger partial charge in [-0.3, -0.25) is 19.2 Å². The fourth-order valence-electron chi connectivity index (χ4n) is 3.47. The highest BCUT2D eigenvalue weighted by atomic mass is 16.5. The molecule has 0 bridgehead atoms. The molecule has 0 unspecified atom stereocenters. The van der Waals surface area contributed by atoms with Crippen LogP contribution in [0.5, 0.6) is 5.75 Å². The zero-order valence-corrected chi connectivity index (χ0v) is 21.9. The predicted molar refractivity (Wildman–Crippen MR) is 143 cm³/mol. The van der Waals surface area contributed by atoms with Gasteiger partial charge in [0.05, 0.1) is 19.1 Å². The van der Waals surface area contributed by atoms with Crippen LogP contribution in [0.25, 0.3) is 0 Å². The summed E-state index contributed by atoms with van der Waals surface area (Å²) in [5.41, 5.74) is 2.44. The SMILES string of the molecule is COc1ccc(C(=O)COC(=O)c2ccc(NC(=O)CCC(=O)O[C@@H](C)C(=O)c3ccc(C)cc3)cc2)cc1. The predicted octanol–water partition coefficient (Wildman–Crippen LogP) is 4.58. The summed E-state index contributed by atoms with van der Waals surface area (Å²) in [4.78, 5) is 61.2. The summed E-state index contributed by atoms with van der Waals surface area (Å²) in [6.07, 6.45) is -1.33. The molecule has 3 rings (SSSR count). The summed E-state index contributed by atoms with van der Waals surface area (Å²) < 4.78 is 15.3. The monoisotopic (exact) mass is 531 g/mol. The molecule has 0 spiro atoms. The number of methoxy groups -OCH3 is 1. The number of nitrogens with one attached hydrogen (secondary N) is 1. The highest BCUT2D eigenvalue weighted by Gasteiger charge is 2.20. The lowest BCUT2D eigenvalue weighted by molar-refractivity contribution is -0.147. The number of carbonyl (C=O) groups excluding carboxylic acids is 5. The molecular weight excluding hydrogens is 502 g/mol. The van der Waals surface area contributed by atoms with Crippen molar-refractivity contribution in [3.8, 4) is 5.75 Å². The van der Waals surface area contributed by atoms with E-state index in [4.69, 9.17) is 14.2 Å². The van der Waals surface area contributed by atoms with Gasteiger partial charge in [-0.25, -0.2) is 4.79 Å². The highest BCUT2D eigenvalue weighted by molar-refractivity contribution is 6.01. The van der Waals surface area contributed by atoms with Crippen molar-refractivity contribution in [2.75, 3.05) is 19.0 Å². The third-order valence-electron chi connectivity index (χ3n) is 5.72. The Hall–Kier alpha value is -4.79. The Labute approximate surface area is 226 Å². The van der Waals surface area contributed by atoms with Crippen molar-refractivity contribution in [3.63, 3.8) is 0 Å². The van der Waals surface area contributed by atoms with Crippen molar-refractivity contribution >= 4 is 35.1 Å². The number of benzene rings is 3. The first-order chi connectivity index (χ1) is 18.7. The summed E-state index contributed by atoms with van der Waals surface area (Å²) >= 11 is 0. The van der Waals surface area contributed by atoms with Crippen LogP contribution < -0.4 is 10.1 Å². The number of esters is 2. The Morgan fingerprint density at radius 1 is 0.769 bits per heavy atom. The molecule has 0 aliphatic rings. The Bertz CT molecular complexity index is 1330. The van der Waals surface area contributed by atoms with Crippen molar-refractivity contribution in [1.29, 1.82) is 0 Å². The standard InChI is InChI=1S/C30H29NO8/c1-19-4-6-22(7-5-19)29(35)20(2)39-28(34)17-16-27(33)31-24-12-8-23(9-13-24)30(36)38-18-26(32)21-10-14-25(37-3)15-11-21/h4-15,20H,16-18H2,1-3H3,(H,31,33)/t20-/m0/s1. The molecule has 0 aliphatic heterocycles. The maximum absolute atomic E-state index is 12.4. The smallest absolute Gasteiger partial charge is 0.338 e. The van der Waals surface area contributed by atoms with Gasteiger partial charge in [-0.2, -0.15) is 0 Å². The van der Waals surface area contributed by atoms with Crippen molar-refractivity contribution in [2.45, 2.75) is 32.8 Å². The van der Waals surface area contributed by atoms with E-state index in [0.29, 0.717) is 22.6 Å². The number of rotatable bonds is 12. The molecule has 0 fully saturated rings. The average Bonchev–Trinajstić information content (AvgIpc) is 2.95. The van der Waals surface area contributed by atoms with Crippen LogP contribution in [-0.2, 0) is 19.1 Å². The van der Waals surface area contributed by atoms with Gasteiger partial charge in [-0.1, -0.05) is 29.8 Å². The topological polar surface area (TPSA) is 125 Å². The van der Waals surface area contributed by atoms with Gasteiger partial charge < -0.3 is 19.5 Å². The van der Waals surface area contributed by atoms with Crippen molar-refractivity contribution in [2.24, 2.45) is 0 Å². The van der Waals surface area contributed by atoms with E-state index in [-0.39, 0.29) is 30.0 Å². The number of carbonyl (C=O) groups is 5. The summed E-state index contributed by atoms with van der Waals surface area (Å²) in [6, 6.07) is 19.3. The van der Waals surface area contributed by atoms with E-state index in [1.54, 1.807) is 48.5 Å². The van der Waals surface area contributed by atoms with Gasteiger partial charge >= 0.3 is 11.9 Å². The van der Waals surface area contributed by atoms with Gasteiger partial charge in [-0.15, -0.1) is 0 Å². The largest absolute Gasteiger partial charge is 0.497 e. The zero-order valence-electron chi connectivity index (χ0n) is 21.9. The number of ketones is 2. The number of aryl methyl sites for hydroxylation is 1. The fraction of sp³-hybridized carbons (Fsp3) is 0.233. The van der Waals surface area contributed by atoms with Crippen molar-refractivity contribution < 1.29 is 38.2 Å². The second-order valence-electron chi connectivity index (χ2n) is 8.72. The van der Waals surface area contributed by atoms with E-state index in [1.807, 2.05) is 6.92 Å². The van der Waals surface area contributed by atoms with E-state index in [1.165, 1.54) is 38.3 Å². The molecule has 1 amide bonds. The van der Waals surface area contributed by atoms with E-state index < -0.39 is 30.6 Å². The van der Waals surface area contributed by atoms with Gasteiger partial charge in [-0.05, 0) is 62.4 Å². The molecule has 0 aromatic heterocycles. The maximum Gasteiger partial charge on any atom is 0.338 e. The first-order valence-electron chi connectivity index (χ1n) is 12.2. The molecule has 0 saturated carbocycles. The molecule has 9 nitrogen and oxygen atoms in total. The van der Waals surface area contributed by atoms with E-state index in [9.17, 15) is 24.0 Å². The number of ether oxygens (including phenoxy) is 3. The molecule has 0 heterocycles. The van der Waals surface area contributed by atoms with Crippen LogP contribution in [0, 0.1) is 6.92 Å².